The molecule has 1 saturated carbocycles. The quantitative estimate of drug-likeness (QED) is 0.744. The molecule has 3 aromatic rings. The number of fused-ring (bicyclic) bond motifs is 1. The molecule has 0 saturated heterocycles. The summed E-state index contributed by atoms with van der Waals surface area (Å²) >= 11 is 1.62. The second kappa shape index (κ2) is 4.53. The Morgan fingerprint density at radius 2 is 2.24 bits per heavy atom. The van der Waals surface area contributed by atoms with Gasteiger partial charge in [0, 0.05) is 6.20 Å². The number of aryl methyl sites for hydroxylation is 1. The van der Waals surface area contributed by atoms with Gasteiger partial charge < -0.3 is 4.74 Å². The predicted octanol–water partition coefficient (Wildman–Crippen LogP) is 3.30. The maximum atomic E-state index is 6.16. The zero-order valence-corrected chi connectivity index (χ0v) is 12.7. The molecule has 3 heterocycles. The van der Waals surface area contributed by atoms with Crippen LogP contribution in [0.4, 0.5) is 0 Å². The van der Waals surface area contributed by atoms with Crippen molar-refractivity contribution in [1.82, 2.24) is 19.6 Å². The van der Waals surface area contributed by atoms with E-state index in [-0.39, 0.29) is 5.60 Å². The summed E-state index contributed by atoms with van der Waals surface area (Å²) in [6.45, 7) is 4.11. The molecular weight excluding hydrogens is 284 g/mol. The maximum Gasteiger partial charge on any atom is 0.241 e. The fraction of sp³-hybridized carbons (Fsp3) is 0.333. The van der Waals surface area contributed by atoms with E-state index >= 15 is 0 Å². The summed E-state index contributed by atoms with van der Waals surface area (Å²) in [6, 6.07) is 1.93. The van der Waals surface area contributed by atoms with E-state index < -0.39 is 0 Å². The molecule has 4 rings (SSSR count). The molecule has 5 nitrogen and oxygen atoms in total. The molecule has 0 spiro atoms. The molecule has 0 aliphatic heterocycles. The van der Waals surface area contributed by atoms with E-state index in [2.05, 4.69) is 23.4 Å². The third-order valence-electron chi connectivity index (χ3n) is 3.73. The molecule has 0 N–H and O–H groups in total. The van der Waals surface area contributed by atoms with E-state index in [1.807, 2.05) is 29.9 Å². The number of ether oxygens (including phenoxy) is 1. The minimum atomic E-state index is -0.139. The third kappa shape index (κ3) is 2.19. The van der Waals surface area contributed by atoms with Gasteiger partial charge in [0.25, 0.3) is 0 Å². The van der Waals surface area contributed by atoms with Crippen LogP contribution in [0.2, 0.25) is 0 Å². The van der Waals surface area contributed by atoms with E-state index in [1.54, 1.807) is 17.5 Å². The van der Waals surface area contributed by atoms with Crippen LogP contribution in [0.3, 0.4) is 0 Å². The smallest absolute Gasteiger partial charge is 0.241 e. The summed E-state index contributed by atoms with van der Waals surface area (Å²) in [6.07, 6.45) is 9.67. The van der Waals surface area contributed by atoms with Gasteiger partial charge >= 0.3 is 0 Å². The van der Waals surface area contributed by atoms with Gasteiger partial charge in [0.2, 0.25) is 5.88 Å². The Bertz CT molecular complexity index is 803. The molecule has 6 heteroatoms. The zero-order valence-electron chi connectivity index (χ0n) is 11.9. The van der Waals surface area contributed by atoms with Crippen LogP contribution < -0.4 is 4.74 Å². The van der Waals surface area contributed by atoms with Gasteiger partial charge in [-0.25, -0.2) is 14.5 Å². The molecule has 107 valence electrons. The van der Waals surface area contributed by atoms with Crippen LogP contribution in [0.1, 0.15) is 24.8 Å². The number of rotatable bonds is 3. The van der Waals surface area contributed by atoms with Crippen molar-refractivity contribution in [3.63, 3.8) is 0 Å². The maximum absolute atomic E-state index is 6.16. The highest BCUT2D eigenvalue weighted by atomic mass is 32.1. The fourth-order valence-electron chi connectivity index (χ4n) is 2.44. The summed E-state index contributed by atoms with van der Waals surface area (Å²) in [5.41, 5.74) is 1.60. The van der Waals surface area contributed by atoms with E-state index in [0.717, 1.165) is 33.9 Å². The summed E-state index contributed by atoms with van der Waals surface area (Å²) in [7, 11) is 0. The van der Waals surface area contributed by atoms with Crippen molar-refractivity contribution in [2.24, 2.45) is 0 Å². The number of hydrogen-bond acceptors (Lipinski definition) is 5. The van der Waals surface area contributed by atoms with Gasteiger partial charge in [0.1, 0.15) is 16.8 Å². The lowest BCUT2D eigenvalue weighted by Gasteiger charge is -2.37. The van der Waals surface area contributed by atoms with Crippen LogP contribution in [0.25, 0.3) is 16.1 Å². The van der Waals surface area contributed by atoms with Gasteiger partial charge in [0.05, 0.1) is 22.3 Å². The summed E-state index contributed by atoms with van der Waals surface area (Å²) < 4.78 is 7.98. The van der Waals surface area contributed by atoms with E-state index in [9.17, 15) is 0 Å². The first kappa shape index (κ1) is 12.8. The first-order valence-corrected chi connectivity index (χ1v) is 7.72. The second-order valence-electron chi connectivity index (χ2n) is 5.58. The Morgan fingerprint density at radius 1 is 1.38 bits per heavy atom. The minimum absolute atomic E-state index is 0.139. The Morgan fingerprint density at radius 3 is 2.90 bits per heavy atom. The number of hydrogen-bond donors (Lipinski definition) is 0. The Kier molecular flexibility index (Phi) is 2.75. The molecule has 1 fully saturated rings. The van der Waals surface area contributed by atoms with Crippen LogP contribution in [-0.4, -0.2) is 25.2 Å². The molecule has 1 aliphatic carbocycles. The Labute approximate surface area is 126 Å². The second-order valence-corrected chi connectivity index (χ2v) is 6.82. The summed E-state index contributed by atoms with van der Waals surface area (Å²) in [4.78, 5) is 10.0. The highest BCUT2D eigenvalue weighted by Crippen LogP contribution is 2.37. The Balaban J connectivity index is 1.82. The van der Waals surface area contributed by atoms with Crippen LogP contribution in [0, 0.1) is 13.3 Å². The van der Waals surface area contributed by atoms with Gasteiger partial charge in [-0.2, -0.15) is 5.10 Å². The molecular formula is C15H15N4OS. The van der Waals surface area contributed by atoms with Crippen molar-refractivity contribution in [1.29, 1.82) is 0 Å². The van der Waals surface area contributed by atoms with Crippen molar-refractivity contribution in [3.05, 3.63) is 36.1 Å². The van der Waals surface area contributed by atoms with Gasteiger partial charge in [-0.1, -0.05) is 0 Å². The largest absolute Gasteiger partial charge is 0.470 e. The molecule has 0 atom stereocenters. The molecule has 1 aliphatic rings. The van der Waals surface area contributed by atoms with Crippen LogP contribution in [0.5, 0.6) is 5.88 Å². The molecule has 0 amide bonds. The summed E-state index contributed by atoms with van der Waals surface area (Å²) in [5, 5.41) is 5.34. The average Bonchev–Trinajstić information content (AvgIpc) is 3.05. The molecule has 21 heavy (non-hydrogen) atoms. The lowest BCUT2D eigenvalue weighted by Crippen LogP contribution is -2.40. The number of nitrogens with zero attached hydrogens (tertiary/aromatic N) is 4. The van der Waals surface area contributed by atoms with Gasteiger partial charge in [-0.05, 0) is 39.2 Å². The minimum Gasteiger partial charge on any atom is -0.470 e. The molecule has 0 unspecified atom stereocenters. The lowest BCUT2D eigenvalue weighted by atomic mass is 9.82. The molecule has 0 aromatic carbocycles. The normalized spacial score (nSPS) is 16.9. The number of aromatic nitrogens is 4. The highest BCUT2D eigenvalue weighted by Gasteiger charge is 2.35. The van der Waals surface area contributed by atoms with Crippen LogP contribution in [0.15, 0.2) is 24.7 Å². The lowest BCUT2D eigenvalue weighted by molar-refractivity contribution is 0.0425. The molecule has 3 aromatic heterocycles. The monoisotopic (exact) mass is 299 g/mol. The first-order valence-electron chi connectivity index (χ1n) is 6.91. The molecule has 0 bridgehead atoms. The van der Waals surface area contributed by atoms with Crippen LogP contribution >= 0.6 is 11.3 Å². The van der Waals surface area contributed by atoms with E-state index in [4.69, 9.17) is 9.72 Å². The van der Waals surface area contributed by atoms with Crippen LogP contribution in [-0.2, 0) is 0 Å². The average molecular weight is 299 g/mol. The molecule has 1 radical (unpaired) electrons. The van der Waals surface area contributed by atoms with Crippen molar-refractivity contribution in [2.75, 3.05) is 0 Å². The first-order chi connectivity index (χ1) is 10.1. The topological polar surface area (TPSA) is 52.3 Å². The highest BCUT2D eigenvalue weighted by molar-refractivity contribution is 7.15. The fourth-order valence-corrected chi connectivity index (χ4v) is 3.17. The Hall–Kier alpha value is -1.95. The number of thiazole rings is 1. The van der Waals surface area contributed by atoms with Gasteiger partial charge in [-0.3, -0.25) is 0 Å². The van der Waals surface area contributed by atoms with Gasteiger partial charge in [-0.15, -0.1) is 11.3 Å². The summed E-state index contributed by atoms with van der Waals surface area (Å²) in [5.74, 6) is 0.645. The van der Waals surface area contributed by atoms with Crippen molar-refractivity contribution in [3.8, 4) is 16.5 Å². The van der Waals surface area contributed by atoms with Crippen molar-refractivity contribution >= 4 is 16.9 Å². The van der Waals surface area contributed by atoms with Crippen molar-refractivity contribution < 1.29 is 4.74 Å². The zero-order chi connectivity index (χ0) is 14.4. The predicted molar refractivity (Wildman–Crippen MR) is 81.4 cm³/mol. The van der Waals surface area contributed by atoms with Gasteiger partial charge in [0.15, 0.2) is 0 Å². The van der Waals surface area contributed by atoms with Crippen molar-refractivity contribution in [2.45, 2.75) is 32.3 Å². The van der Waals surface area contributed by atoms with E-state index in [0.29, 0.717) is 5.88 Å². The van der Waals surface area contributed by atoms with E-state index in [1.165, 1.54) is 0 Å². The standard InChI is InChI=1S/C15H15N4OS/c1-10-16-8-13(21-10)11-9-19-12(4-7-17-19)14(18-11)20-15(2)5-3-6-15/h3-4,7-9H,5-6H2,1-2H3. The SMILES string of the molecule is Cc1ncc(-c2cn3nccc3c(OC3(C)C[CH]C3)n2)s1. The third-order valence-corrected chi connectivity index (χ3v) is 4.66.